The van der Waals surface area contributed by atoms with E-state index in [9.17, 15) is 0 Å². The molecule has 3 aromatic heterocycles. The van der Waals surface area contributed by atoms with Gasteiger partial charge in [0.25, 0.3) is 0 Å². The molecular weight excluding hydrogens is 348 g/mol. The molecule has 2 N–H and O–H groups in total. The zero-order chi connectivity index (χ0) is 19.3. The molecule has 0 saturated heterocycles. The number of rotatable bonds is 6. The molecule has 6 heteroatoms. The summed E-state index contributed by atoms with van der Waals surface area (Å²) in [5, 5.41) is 7.15. The Bertz CT molecular complexity index is 911. The predicted molar refractivity (Wildman–Crippen MR) is 111 cm³/mol. The number of anilines is 1. The summed E-state index contributed by atoms with van der Waals surface area (Å²) in [5.74, 6) is 2.20. The smallest absolute Gasteiger partial charge is 0.163 e. The van der Waals surface area contributed by atoms with Crippen molar-refractivity contribution in [2.45, 2.75) is 39.3 Å². The van der Waals surface area contributed by atoms with E-state index < -0.39 is 0 Å². The van der Waals surface area contributed by atoms with Crippen molar-refractivity contribution in [2.24, 2.45) is 5.92 Å². The van der Waals surface area contributed by atoms with Crippen molar-refractivity contribution in [3.05, 3.63) is 65.9 Å². The molecule has 0 saturated carbocycles. The highest BCUT2D eigenvalue weighted by Crippen LogP contribution is 2.30. The van der Waals surface area contributed by atoms with Gasteiger partial charge in [-0.2, -0.15) is 0 Å². The van der Waals surface area contributed by atoms with Crippen LogP contribution in [0.2, 0.25) is 0 Å². The van der Waals surface area contributed by atoms with Gasteiger partial charge in [-0.05, 0) is 49.1 Å². The molecule has 4 heterocycles. The molecule has 0 aliphatic carbocycles. The first-order valence-corrected chi connectivity index (χ1v) is 9.88. The van der Waals surface area contributed by atoms with Gasteiger partial charge in [-0.25, -0.2) is 9.97 Å². The van der Waals surface area contributed by atoms with Crippen LogP contribution in [-0.4, -0.2) is 26.5 Å². The topological polar surface area (TPSA) is 75.6 Å². The van der Waals surface area contributed by atoms with Gasteiger partial charge in [0.1, 0.15) is 5.82 Å². The van der Waals surface area contributed by atoms with Gasteiger partial charge in [0.2, 0.25) is 0 Å². The highest BCUT2D eigenvalue weighted by Gasteiger charge is 2.22. The fourth-order valence-electron chi connectivity index (χ4n) is 3.60. The number of nitrogens with one attached hydrogen (secondary N) is 2. The van der Waals surface area contributed by atoms with E-state index in [0.29, 0.717) is 11.7 Å². The van der Waals surface area contributed by atoms with Gasteiger partial charge in [-0.15, -0.1) is 0 Å². The lowest BCUT2D eigenvalue weighted by Gasteiger charge is -2.26. The molecule has 0 spiro atoms. The zero-order valence-corrected chi connectivity index (χ0v) is 16.4. The molecule has 0 amide bonds. The standard InChI is InChI=1S/C22H26N6/c1-15(2)11-19(16-5-3-8-23-12-16)26-22-18-7-10-25-14-20(18)27-21(28-22)17-6-4-9-24-13-17/h3-6,8-9,12-13,15,19,25H,7,10-11,14H2,1-2H3,(H,26,27,28). The first kappa shape index (κ1) is 18.5. The molecule has 0 radical (unpaired) electrons. The zero-order valence-electron chi connectivity index (χ0n) is 16.4. The molecule has 6 nitrogen and oxygen atoms in total. The van der Waals surface area contributed by atoms with Crippen LogP contribution >= 0.6 is 0 Å². The average Bonchev–Trinajstić information content (AvgIpc) is 2.74. The third-order valence-electron chi connectivity index (χ3n) is 4.96. The van der Waals surface area contributed by atoms with Gasteiger partial charge < -0.3 is 10.6 Å². The molecule has 1 unspecified atom stereocenters. The van der Waals surface area contributed by atoms with Crippen LogP contribution < -0.4 is 10.6 Å². The first-order chi connectivity index (χ1) is 13.7. The van der Waals surface area contributed by atoms with Gasteiger partial charge in [0.15, 0.2) is 5.82 Å². The van der Waals surface area contributed by atoms with Gasteiger partial charge in [-0.3, -0.25) is 9.97 Å². The Labute approximate surface area is 165 Å². The Morgan fingerprint density at radius 1 is 1.07 bits per heavy atom. The lowest BCUT2D eigenvalue weighted by Crippen LogP contribution is -2.27. The number of aromatic nitrogens is 4. The van der Waals surface area contributed by atoms with Crippen molar-refractivity contribution in [3.63, 3.8) is 0 Å². The van der Waals surface area contributed by atoms with Crippen LogP contribution in [0, 0.1) is 5.92 Å². The monoisotopic (exact) mass is 374 g/mol. The minimum atomic E-state index is 0.157. The summed E-state index contributed by atoms with van der Waals surface area (Å²) >= 11 is 0. The number of hydrogen-bond acceptors (Lipinski definition) is 6. The van der Waals surface area contributed by atoms with Gasteiger partial charge in [0.05, 0.1) is 11.7 Å². The lowest BCUT2D eigenvalue weighted by molar-refractivity contribution is 0.527. The molecule has 1 aliphatic rings. The minimum absolute atomic E-state index is 0.157. The van der Waals surface area contributed by atoms with Crippen LogP contribution in [0.15, 0.2) is 49.1 Å². The number of fused-ring (bicyclic) bond motifs is 1. The average molecular weight is 374 g/mol. The van der Waals surface area contributed by atoms with Crippen molar-refractivity contribution in [2.75, 3.05) is 11.9 Å². The van der Waals surface area contributed by atoms with Crippen LogP contribution in [0.3, 0.4) is 0 Å². The molecule has 0 bridgehead atoms. The molecule has 144 valence electrons. The first-order valence-electron chi connectivity index (χ1n) is 9.88. The fourth-order valence-corrected chi connectivity index (χ4v) is 3.60. The quantitative estimate of drug-likeness (QED) is 0.684. The van der Waals surface area contributed by atoms with Gasteiger partial charge in [0, 0.05) is 42.5 Å². The van der Waals surface area contributed by atoms with E-state index >= 15 is 0 Å². The molecule has 3 aromatic rings. The van der Waals surface area contributed by atoms with E-state index in [1.807, 2.05) is 36.8 Å². The van der Waals surface area contributed by atoms with Crippen molar-refractivity contribution >= 4 is 5.82 Å². The molecule has 1 atom stereocenters. The Kier molecular flexibility index (Phi) is 5.58. The third kappa shape index (κ3) is 4.17. The molecular formula is C22H26N6. The van der Waals surface area contributed by atoms with Crippen molar-refractivity contribution in [1.29, 1.82) is 0 Å². The highest BCUT2D eigenvalue weighted by molar-refractivity contribution is 5.60. The summed E-state index contributed by atoms with van der Waals surface area (Å²) in [5.41, 5.74) is 4.39. The van der Waals surface area contributed by atoms with Crippen molar-refractivity contribution < 1.29 is 0 Å². The maximum Gasteiger partial charge on any atom is 0.163 e. The van der Waals surface area contributed by atoms with Crippen LogP contribution in [0.4, 0.5) is 5.82 Å². The maximum absolute atomic E-state index is 4.92. The van der Waals surface area contributed by atoms with Gasteiger partial charge in [-0.1, -0.05) is 19.9 Å². The minimum Gasteiger partial charge on any atom is -0.363 e. The van der Waals surface area contributed by atoms with Crippen LogP contribution in [0.25, 0.3) is 11.4 Å². The Hall–Kier alpha value is -2.86. The summed E-state index contributed by atoms with van der Waals surface area (Å²) in [6.07, 6.45) is 9.27. The normalized spacial score (nSPS) is 14.5. The van der Waals surface area contributed by atoms with E-state index in [1.165, 1.54) is 11.1 Å². The summed E-state index contributed by atoms with van der Waals surface area (Å²) in [7, 11) is 0. The van der Waals surface area contributed by atoms with Crippen LogP contribution in [0.5, 0.6) is 0 Å². The second-order valence-corrected chi connectivity index (χ2v) is 7.60. The van der Waals surface area contributed by atoms with E-state index in [-0.39, 0.29) is 6.04 Å². The summed E-state index contributed by atoms with van der Waals surface area (Å²) < 4.78 is 0. The molecule has 1 aliphatic heterocycles. The maximum atomic E-state index is 4.92. The third-order valence-corrected chi connectivity index (χ3v) is 4.96. The molecule has 28 heavy (non-hydrogen) atoms. The Balaban J connectivity index is 1.74. The largest absolute Gasteiger partial charge is 0.363 e. The van der Waals surface area contributed by atoms with E-state index in [0.717, 1.165) is 43.0 Å². The van der Waals surface area contributed by atoms with Crippen LogP contribution in [0.1, 0.15) is 43.1 Å². The molecule has 0 aromatic carbocycles. The second-order valence-electron chi connectivity index (χ2n) is 7.60. The Morgan fingerprint density at radius 2 is 1.89 bits per heavy atom. The van der Waals surface area contributed by atoms with Crippen LogP contribution in [-0.2, 0) is 13.0 Å². The molecule has 0 fully saturated rings. The van der Waals surface area contributed by atoms with Crippen molar-refractivity contribution in [3.8, 4) is 11.4 Å². The van der Waals surface area contributed by atoms with Gasteiger partial charge >= 0.3 is 0 Å². The number of pyridine rings is 2. The highest BCUT2D eigenvalue weighted by atomic mass is 15.1. The number of hydrogen-bond donors (Lipinski definition) is 2. The fraction of sp³-hybridized carbons (Fsp3) is 0.364. The Morgan fingerprint density at radius 3 is 2.61 bits per heavy atom. The number of nitrogens with zero attached hydrogens (tertiary/aromatic N) is 4. The SMILES string of the molecule is CC(C)CC(Nc1nc(-c2cccnc2)nc2c1CCNC2)c1cccnc1. The van der Waals surface area contributed by atoms with E-state index in [4.69, 9.17) is 9.97 Å². The predicted octanol–water partition coefficient (Wildman–Crippen LogP) is 3.78. The summed E-state index contributed by atoms with van der Waals surface area (Å²) in [4.78, 5) is 18.3. The lowest BCUT2D eigenvalue weighted by atomic mass is 9.97. The van der Waals surface area contributed by atoms with E-state index in [2.05, 4.69) is 40.5 Å². The summed E-state index contributed by atoms with van der Waals surface area (Å²) in [6, 6.07) is 8.20. The van der Waals surface area contributed by atoms with E-state index in [1.54, 1.807) is 6.20 Å². The second kappa shape index (κ2) is 8.44. The molecule has 4 rings (SSSR count). The van der Waals surface area contributed by atoms with Crippen molar-refractivity contribution in [1.82, 2.24) is 25.3 Å². The summed E-state index contributed by atoms with van der Waals surface area (Å²) in [6.45, 7) is 6.19.